The number of benzene rings is 3. The van der Waals surface area contributed by atoms with E-state index in [4.69, 9.17) is 40.2 Å². The predicted molar refractivity (Wildman–Crippen MR) is 138 cm³/mol. The molecule has 1 aromatic heterocycles. The van der Waals surface area contributed by atoms with Crippen LogP contribution in [0.15, 0.2) is 54.6 Å². The van der Waals surface area contributed by atoms with Gasteiger partial charge >= 0.3 is 5.69 Å². The Kier molecular flexibility index (Phi) is 6.94. The molecule has 1 amide bonds. The van der Waals surface area contributed by atoms with Gasteiger partial charge in [-0.15, -0.1) is 11.3 Å². The molecule has 0 saturated heterocycles. The highest BCUT2D eigenvalue weighted by molar-refractivity contribution is 7.80. The minimum Gasteiger partial charge on any atom is -0.490 e. The van der Waals surface area contributed by atoms with E-state index in [1.165, 1.54) is 30.6 Å². The first-order valence-electron chi connectivity index (χ1n) is 9.56. The maximum absolute atomic E-state index is 12.7. The molecular formula is C22H14Cl2N4O4S2. The highest BCUT2D eigenvalue weighted by Gasteiger charge is 2.20. The van der Waals surface area contributed by atoms with Gasteiger partial charge in [0.05, 0.1) is 33.0 Å². The van der Waals surface area contributed by atoms with Crippen LogP contribution in [-0.4, -0.2) is 28.0 Å². The highest BCUT2D eigenvalue weighted by Crippen LogP contribution is 2.40. The topological polar surface area (TPSA) is 106 Å². The molecule has 0 atom stereocenters. The number of methoxy groups -OCH3 is 1. The maximum atomic E-state index is 12.7. The number of thiocarbonyl (C=S) groups is 1. The third kappa shape index (κ3) is 4.95. The molecule has 0 unspecified atom stereocenters. The first-order chi connectivity index (χ1) is 16.3. The monoisotopic (exact) mass is 532 g/mol. The molecule has 12 heteroatoms. The number of fused-ring (bicyclic) bond motifs is 1. The second-order valence-electron chi connectivity index (χ2n) is 6.85. The van der Waals surface area contributed by atoms with Gasteiger partial charge in [-0.05, 0) is 48.6 Å². The number of amides is 1. The molecule has 0 aliphatic rings. The second-order valence-corrected chi connectivity index (χ2v) is 9.13. The summed E-state index contributed by atoms with van der Waals surface area (Å²) in [7, 11) is 1.31. The molecule has 34 heavy (non-hydrogen) atoms. The number of carbonyl (C=O) groups is 1. The smallest absolute Gasteiger partial charge is 0.311 e. The quantitative estimate of drug-likeness (QED) is 0.176. The minimum atomic E-state index is -0.644. The summed E-state index contributed by atoms with van der Waals surface area (Å²) >= 11 is 19.4. The van der Waals surface area contributed by atoms with Gasteiger partial charge in [-0.3, -0.25) is 20.2 Å². The third-order valence-electron chi connectivity index (χ3n) is 4.68. The number of para-hydroxylation sites is 1. The van der Waals surface area contributed by atoms with E-state index in [0.717, 1.165) is 16.3 Å². The Balaban J connectivity index is 1.61. The summed E-state index contributed by atoms with van der Waals surface area (Å²) in [5, 5.41) is 18.0. The zero-order chi connectivity index (χ0) is 24.4. The average Bonchev–Trinajstić information content (AvgIpc) is 3.24. The fourth-order valence-corrected chi connectivity index (χ4v) is 4.87. The predicted octanol–water partition coefficient (Wildman–Crippen LogP) is 6.31. The number of halogens is 2. The molecule has 4 aromatic rings. The first-order valence-corrected chi connectivity index (χ1v) is 11.5. The first kappa shape index (κ1) is 23.8. The Labute approximate surface area is 212 Å². The molecule has 0 fully saturated rings. The maximum Gasteiger partial charge on any atom is 0.311 e. The summed E-state index contributed by atoms with van der Waals surface area (Å²) in [6, 6.07) is 14.7. The number of nitro groups is 1. The van der Waals surface area contributed by atoms with E-state index in [-0.39, 0.29) is 27.1 Å². The lowest BCUT2D eigenvalue weighted by molar-refractivity contribution is -0.385. The fourth-order valence-electron chi connectivity index (χ4n) is 3.15. The fraction of sp³-hybridized carbons (Fsp3) is 0.0455. The van der Waals surface area contributed by atoms with Crippen LogP contribution >= 0.6 is 46.8 Å². The molecule has 0 spiro atoms. The number of thiazole rings is 1. The van der Waals surface area contributed by atoms with Gasteiger partial charge < -0.3 is 10.1 Å². The third-order valence-corrected chi connectivity index (χ3v) is 6.47. The largest absolute Gasteiger partial charge is 0.490 e. The van der Waals surface area contributed by atoms with Gasteiger partial charge in [0, 0.05) is 22.2 Å². The SMILES string of the molecule is COc1ccc(C(=O)NC(=S)Nc2c(Cl)cc(Cl)cc2-c2nc3ccccc3s2)cc1[N+](=O)[O-]. The number of rotatable bonds is 5. The van der Waals surface area contributed by atoms with E-state index in [9.17, 15) is 14.9 Å². The van der Waals surface area contributed by atoms with Crippen molar-refractivity contribution in [2.24, 2.45) is 0 Å². The lowest BCUT2D eigenvalue weighted by atomic mass is 10.1. The number of aromatic nitrogens is 1. The zero-order valence-electron chi connectivity index (χ0n) is 17.3. The molecule has 172 valence electrons. The van der Waals surface area contributed by atoms with Crippen molar-refractivity contribution in [3.63, 3.8) is 0 Å². The van der Waals surface area contributed by atoms with Crippen LogP contribution in [0.25, 0.3) is 20.8 Å². The molecule has 0 radical (unpaired) electrons. The summed E-state index contributed by atoms with van der Waals surface area (Å²) < 4.78 is 5.94. The number of hydrogen-bond donors (Lipinski definition) is 2. The van der Waals surface area contributed by atoms with Crippen molar-refractivity contribution in [2.75, 3.05) is 12.4 Å². The van der Waals surface area contributed by atoms with E-state index < -0.39 is 10.8 Å². The summed E-state index contributed by atoms with van der Waals surface area (Å²) in [6.07, 6.45) is 0. The van der Waals surface area contributed by atoms with E-state index >= 15 is 0 Å². The van der Waals surface area contributed by atoms with Crippen LogP contribution < -0.4 is 15.4 Å². The second kappa shape index (κ2) is 9.90. The normalized spacial score (nSPS) is 10.7. The zero-order valence-corrected chi connectivity index (χ0v) is 20.4. The van der Waals surface area contributed by atoms with Crippen LogP contribution in [-0.2, 0) is 0 Å². The van der Waals surface area contributed by atoms with Crippen molar-refractivity contribution in [3.05, 3.63) is 80.3 Å². The number of nitro benzene ring substituents is 1. The number of carbonyl (C=O) groups excluding carboxylic acids is 1. The van der Waals surface area contributed by atoms with Crippen LogP contribution in [0.1, 0.15) is 10.4 Å². The van der Waals surface area contributed by atoms with Crippen LogP contribution in [0, 0.1) is 10.1 Å². The number of hydrogen-bond acceptors (Lipinski definition) is 7. The summed E-state index contributed by atoms with van der Waals surface area (Å²) in [6.45, 7) is 0. The minimum absolute atomic E-state index is 0.0326. The molecule has 3 aromatic carbocycles. The Hall–Kier alpha value is -3.31. The van der Waals surface area contributed by atoms with E-state index in [2.05, 4.69) is 15.6 Å². The molecule has 0 aliphatic heterocycles. The highest BCUT2D eigenvalue weighted by atomic mass is 35.5. The summed E-state index contributed by atoms with van der Waals surface area (Å²) in [5.41, 5.74) is 1.53. The van der Waals surface area contributed by atoms with Crippen LogP contribution in [0.5, 0.6) is 5.75 Å². The van der Waals surface area contributed by atoms with Crippen LogP contribution in [0.4, 0.5) is 11.4 Å². The van der Waals surface area contributed by atoms with Gasteiger partial charge in [0.1, 0.15) is 5.01 Å². The van der Waals surface area contributed by atoms with Gasteiger partial charge in [0.25, 0.3) is 5.91 Å². The Morgan fingerprint density at radius 3 is 2.65 bits per heavy atom. The van der Waals surface area contributed by atoms with Crippen molar-refractivity contribution in [1.29, 1.82) is 0 Å². The van der Waals surface area contributed by atoms with Crippen molar-refractivity contribution in [2.45, 2.75) is 0 Å². The Morgan fingerprint density at radius 2 is 1.94 bits per heavy atom. The average molecular weight is 533 g/mol. The molecule has 4 rings (SSSR count). The van der Waals surface area contributed by atoms with Crippen molar-refractivity contribution < 1.29 is 14.5 Å². The molecule has 0 bridgehead atoms. The van der Waals surface area contributed by atoms with Crippen molar-refractivity contribution in [1.82, 2.24) is 10.3 Å². The van der Waals surface area contributed by atoms with Gasteiger partial charge in [-0.1, -0.05) is 35.3 Å². The summed E-state index contributed by atoms with van der Waals surface area (Å²) in [4.78, 5) is 27.9. The number of anilines is 1. The Morgan fingerprint density at radius 1 is 1.18 bits per heavy atom. The van der Waals surface area contributed by atoms with Gasteiger partial charge in [0.15, 0.2) is 10.9 Å². The number of ether oxygens (including phenoxy) is 1. The van der Waals surface area contributed by atoms with Gasteiger partial charge in [-0.2, -0.15) is 0 Å². The molecule has 1 heterocycles. The van der Waals surface area contributed by atoms with Crippen molar-refractivity contribution in [3.8, 4) is 16.3 Å². The van der Waals surface area contributed by atoms with Crippen LogP contribution in [0.3, 0.4) is 0 Å². The van der Waals surface area contributed by atoms with E-state index in [1.54, 1.807) is 12.1 Å². The van der Waals surface area contributed by atoms with E-state index in [1.807, 2.05) is 24.3 Å². The Bertz CT molecular complexity index is 1430. The number of nitrogens with zero attached hydrogens (tertiary/aromatic N) is 2. The van der Waals surface area contributed by atoms with Gasteiger partial charge in [-0.25, -0.2) is 4.98 Å². The molecular weight excluding hydrogens is 519 g/mol. The van der Waals surface area contributed by atoms with Crippen molar-refractivity contribution >= 4 is 79.4 Å². The number of nitrogens with one attached hydrogen (secondary N) is 2. The van der Waals surface area contributed by atoms with E-state index in [0.29, 0.717) is 21.3 Å². The molecule has 0 saturated carbocycles. The van der Waals surface area contributed by atoms with Gasteiger partial charge in [0.2, 0.25) is 0 Å². The molecule has 8 nitrogen and oxygen atoms in total. The molecule has 0 aliphatic carbocycles. The van der Waals surface area contributed by atoms with Crippen LogP contribution in [0.2, 0.25) is 10.0 Å². The standard InChI is InChI=1S/C22H14Cl2N4O4S2/c1-32-17-7-6-11(8-16(17)28(30)31)20(29)27-22(33)26-19-13(9-12(23)10-14(19)24)21-25-15-4-2-3-5-18(15)34-21/h2-10H,1H3,(H2,26,27,29,33). The summed E-state index contributed by atoms with van der Waals surface area (Å²) in [5.74, 6) is -0.606. The lowest BCUT2D eigenvalue weighted by Gasteiger charge is -2.15. The lowest BCUT2D eigenvalue weighted by Crippen LogP contribution is -2.34. The molecule has 2 N–H and O–H groups in total.